The number of benzene rings is 1. The highest BCUT2D eigenvalue weighted by atomic mass is 35.5. The van der Waals surface area contributed by atoms with Gasteiger partial charge < -0.3 is 36.1 Å². The summed E-state index contributed by atoms with van der Waals surface area (Å²) in [6, 6.07) is 5.50. The van der Waals surface area contributed by atoms with Crippen molar-refractivity contribution in [2.24, 2.45) is 40.6 Å². The lowest BCUT2D eigenvalue weighted by Gasteiger charge is -2.30. The molecule has 1 rings (SSSR count). The van der Waals surface area contributed by atoms with Crippen molar-refractivity contribution < 1.29 is 28.9 Å². The van der Waals surface area contributed by atoms with E-state index >= 15 is 0 Å². The van der Waals surface area contributed by atoms with Crippen molar-refractivity contribution in [3.63, 3.8) is 0 Å². The molecule has 10 heteroatoms. The molecule has 0 saturated carbocycles. The third-order valence-corrected chi connectivity index (χ3v) is 7.84. The van der Waals surface area contributed by atoms with E-state index in [9.17, 15) is 14.7 Å². The normalized spacial score (nSPS) is 14.6. The molecular weight excluding hydrogens is 546 g/mol. The summed E-state index contributed by atoms with van der Waals surface area (Å²) in [4.78, 5) is 24.5. The van der Waals surface area contributed by atoms with Crippen molar-refractivity contribution in [1.82, 2.24) is 5.32 Å². The van der Waals surface area contributed by atoms with Gasteiger partial charge in [-0.25, -0.2) is 0 Å². The van der Waals surface area contributed by atoms with Gasteiger partial charge in [-0.3, -0.25) is 9.59 Å². The molecule has 0 aliphatic rings. The number of hydrogen-bond donors (Lipinski definition) is 4. The fourth-order valence-corrected chi connectivity index (χ4v) is 4.62. The average molecular weight is 602 g/mol. The van der Waals surface area contributed by atoms with Crippen LogP contribution in [0.15, 0.2) is 18.2 Å². The number of amides is 2. The van der Waals surface area contributed by atoms with Crippen molar-refractivity contribution in [2.45, 2.75) is 85.8 Å². The minimum Gasteiger partial charge on any atom is -0.493 e. The largest absolute Gasteiger partial charge is 0.493 e. The van der Waals surface area contributed by atoms with Gasteiger partial charge in [0.2, 0.25) is 11.8 Å². The molecule has 0 unspecified atom stereocenters. The molecule has 0 aliphatic heterocycles. The van der Waals surface area contributed by atoms with Crippen molar-refractivity contribution in [2.75, 3.05) is 34.0 Å². The van der Waals surface area contributed by atoms with Crippen LogP contribution in [0.3, 0.4) is 0 Å². The predicted octanol–water partition coefficient (Wildman–Crippen LogP) is 4.11. The van der Waals surface area contributed by atoms with Crippen LogP contribution in [0.5, 0.6) is 11.5 Å². The Morgan fingerprint density at radius 1 is 1.02 bits per heavy atom. The first-order chi connectivity index (χ1) is 18.7. The molecule has 238 valence electrons. The van der Waals surface area contributed by atoms with Gasteiger partial charge in [0.15, 0.2) is 11.5 Å². The maximum Gasteiger partial charge on any atom is 0.223 e. The van der Waals surface area contributed by atoms with Crippen molar-refractivity contribution in [3.05, 3.63) is 23.8 Å². The van der Waals surface area contributed by atoms with Gasteiger partial charge in [-0.1, -0.05) is 47.6 Å². The minimum atomic E-state index is -0.822. The molecule has 0 saturated heterocycles. The smallest absolute Gasteiger partial charge is 0.223 e. The van der Waals surface area contributed by atoms with E-state index < -0.39 is 29.4 Å². The third-order valence-electron chi connectivity index (χ3n) is 7.84. The number of nitrogens with one attached hydrogen (secondary N) is 1. The highest BCUT2D eigenvalue weighted by Gasteiger charge is 2.31. The van der Waals surface area contributed by atoms with E-state index in [1.54, 1.807) is 28.1 Å². The van der Waals surface area contributed by atoms with Crippen LogP contribution in [0.1, 0.15) is 72.8 Å². The third kappa shape index (κ3) is 13.6. The molecule has 1 aromatic rings. The molecule has 1 aromatic carbocycles. The molecule has 9 nitrogen and oxygen atoms in total. The van der Waals surface area contributed by atoms with Crippen LogP contribution >= 0.6 is 12.4 Å². The number of aliphatic hydroxyl groups is 1. The first-order valence-corrected chi connectivity index (χ1v) is 14.5. The van der Waals surface area contributed by atoms with E-state index in [-0.39, 0.29) is 36.6 Å². The van der Waals surface area contributed by atoms with E-state index in [0.717, 1.165) is 18.4 Å². The standard InChI is InChI=1S/C31H55N3O6.ClH/c1-20(2)23(16-22-10-11-27(39-8)28(17-22)40-15-9-14-38-7)18-25(32)26(35)19-24(21(3)4)29(36)34-13-12-31(5,6)30(33)37;/h10-11,17,20-21,23-26,35H,9,12-16,18-19,32H2,1-8H3,(H2,33,37)(H,34,36);1H/t23-,24-,25-,26-;/m0./s1. The van der Waals surface area contributed by atoms with E-state index in [1.165, 1.54) is 0 Å². The lowest BCUT2D eigenvalue weighted by atomic mass is 9.80. The summed E-state index contributed by atoms with van der Waals surface area (Å²) >= 11 is 0. The monoisotopic (exact) mass is 601 g/mol. The van der Waals surface area contributed by atoms with Gasteiger partial charge in [0.25, 0.3) is 0 Å². The van der Waals surface area contributed by atoms with Crippen LogP contribution in [0, 0.1) is 29.1 Å². The second kappa shape index (κ2) is 19.2. The van der Waals surface area contributed by atoms with Crippen LogP contribution in [0.25, 0.3) is 0 Å². The predicted molar refractivity (Wildman–Crippen MR) is 166 cm³/mol. The molecule has 41 heavy (non-hydrogen) atoms. The van der Waals surface area contributed by atoms with E-state index in [4.69, 9.17) is 25.7 Å². The lowest BCUT2D eigenvalue weighted by molar-refractivity contribution is -0.129. The first kappa shape index (κ1) is 38.9. The Hall–Kier alpha value is -2.07. The number of carbonyl (C=O) groups excluding carboxylic acids is 2. The van der Waals surface area contributed by atoms with Crippen LogP contribution in [-0.2, 0) is 20.7 Å². The summed E-state index contributed by atoms with van der Waals surface area (Å²) < 4.78 is 16.5. The van der Waals surface area contributed by atoms with Gasteiger partial charge in [-0.15, -0.1) is 12.4 Å². The molecular formula is C31H56ClN3O6. The molecule has 6 N–H and O–H groups in total. The second-order valence-electron chi connectivity index (χ2n) is 12.2. The van der Waals surface area contributed by atoms with E-state index in [1.807, 2.05) is 32.0 Å². The van der Waals surface area contributed by atoms with Crippen LogP contribution < -0.4 is 26.3 Å². The summed E-state index contributed by atoms with van der Waals surface area (Å²) in [6.07, 6.45) is 2.08. The first-order valence-electron chi connectivity index (χ1n) is 14.5. The van der Waals surface area contributed by atoms with Gasteiger partial charge in [0, 0.05) is 44.1 Å². The van der Waals surface area contributed by atoms with Gasteiger partial charge in [0.05, 0.1) is 19.8 Å². The van der Waals surface area contributed by atoms with E-state index in [2.05, 4.69) is 19.2 Å². The summed E-state index contributed by atoms with van der Waals surface area (Å²) in [5.41, 5.74) is 12.4. The summed E-state index contributed by atoms with van der Waals surface area (Å²) in [5.74, 6) is 1.04. The summed E-state index contributed by atoms with van der Waals surface area (Å²) in [6.45, 7) is 13.3. The Bertz CT molecular complexity index is 912. The van der Waals surface area contributed by atoms with Gasteiger partial charge in [0.1, 0.15) is 0 Å². The topological polar surface area (TPSA) is 146 Å². The minimum absolute atomic E-state index is 0. The number of primary amides is 1. The SMILES string of the molecule is COCCCOc1cc(C[C@@H](C[C@H](N)[C@@H](O)C[C@H](C(=O)NCCC(C)(C)C(N)=O)C(C)C)C(C)C)ccc1OC.Cl. The number of methoxy groups -OCH3 is 2. The van der Waals surface area contributed by atoms with Crippen molar-refractivity contribution in [3.8, 4) is 11.5 Å². The number of carbonyl (C=O) groups is 2. The number of rotatable bonds is 20. The van der Waals surface area contributed by atoms with Crippen LogP contribution in [0.2, 0.25) is 0 Å². The Kier molecular flexibility index (Phi) is 18.2. The summed E-state index contributed by atoms with van der Waals surface area (Å²) in [7, 11) is 3.29. The second-order valence-corrected chi connectivity index (χ2v) is 12.2. The maximum atomic E-state index is 13.0. The number of aliphatic hydroxyl groups excluding tert-OH is 1. The lowest BCUT2D eigenvalue weighted by Crippen LogP contribution is -2.43. The van der Waals surface area contributed by atoms with Crippen molar-refractivity contribution >= 4 is 24.2 Å². The fourth-order valence-electron chi connectivity index (χ4n) is 4.62. The number of nitrogens with two attached hydrogens (primary N) is 2. The average Bonchev–Trinajstić information content (AvgIpc) is 2.88. The summed E-state index contributed by atoms with van der Waals surface area (Å²) in [5, 5.41) is 14.0. The van der Waals surface area contributed by atoms with E-state index in [0.29, 0.717) is 50.0 Å². The zero-order chi connectivity index (χ0) is 30.5. The maximum absolute atomic E-state index is 13.0. The molecule has 4 atom stereocenters. The molecule has 0 bridgehead atoms. The van der Waals surface area contributed by atoms with Crippen LogP contribution in [-0.4, -0.2) is 63.0 Å². The number of hydrogen-bond acceptors (Lipinski definition) is 7. The zero-order valence-electron chi connectivity index (χ0n) is 26.4. The molecule has 2 amide bonds. The van der Waals surface area contributed by atoms with Gasteiger partial charge in [-0.2, -0.15) is 0 Å². The molecule has 0 aromatic heterocycles. The van der Waals surface area contributed by atoms with Gasteiger partial charge >= 0.3 is 0 Å². The number of halogens is 1. The molecule has 0 aliphatic carbocycles. The number of ether oxygens (including phenoxy) is 3. The highest BCUT2D eigenvalue weighted by molar-refractivity contribution is 5.85. The van der Waals surface area contributed by atoms with Crippen LogP contribution in [0.4, 0.5) is 0 Å². The molecule has 0 heterocycles. The highest BCUT2D eigenvalue weighted by Crippen LogP contribution is 2.32. The Morgan fingerprint density at radius 2 is 1.68 bits per heavy atom. The zero-order valence-corrected chi connectivity index (χ0v) is 27.2. The Balaban J connectivity index is 0.0000160. The molecule has 0 radical (unpaired) electrons. The Labute approximate surface area is 253 Å². The Morgan fingerprint density at radius 3 is 2.22 bits per heavy atom. The molecule has 0 spiro atoms. The fraction of sp³-hybridized carbons (Fsp3) is 0.742. The quantitative estimate of drug-likeness (QED) is 0.165. The van der Waals surface area contributed by atoms with Crippen molar-refractivity contribution in [1.29, 1.82) is 0 Å². The van der Waals surface area contributed by atoms with Gasteiger partial charge in [-0.05, 0) is 61.1 Å². The molecule has 0 fully saturated rings.